The molecule has 2 N–H and O–H groups in total. The number of hydrogen-bond donors (Lipinski definition) is 2. The van der Waals surface area contributed by atoms with Gasteiger partial charge in [0.1, 0.15) is 18.2 Å². The lowest BCUT2D eigenvalue weighted by atomic mass is 9.74. The fourth-order valence-corrected chi connectivity index (χ4v) is 6.14. The number of carbonyl (C=O) groups excluding carboxylic acids is 3. The van der Waals surface area contributed by atoms with Crippen LogP contribution in [0.1, 0.15) is 43.5 Å². The van der Waals surface area contributed by atoms with Crippen molar-refractivity contribution in [3.8, 4) is 5.75 Å². The lowest BCUT2D eigenvalue weighted by molar-refractivity contribution is -0.137. The van der Waals surface area contributed by atoms with E-state index in [1.807, 2.05) is 29.2 Å². The number of fused-ring (bicyclic) bond motifs is 1. The topological polar surface area (TPSA) is 94.2 Å². The van der Waals surface area contributed by atoms with Gasteiger partial charge in [-0.15, -0.1) is 0 Å². The van der Waals surface area contributed by atoms with Gasteiger partial charge in [-0.2, -0.15) is 0 Å². The number of piperidine rings is 1. The predicted molar refractivity (Wildman–Crippen MR) is 168 cm³/mol. The van der Waals surface area contributed by atoms with Gasteiger partial charge in [-0.05, 0) is 74.7 Å². The SMILES string of the molecule is CC(C)[C@@H]1COc2ccccc2C(=O)NC/C=C/CC2(CCN(CC(=O)N3CCN(c4ccc(F)cc4)CC3)CC2)C(=O)N1. The Labute approximate surface area is 259 Å². The Morgan fingerprint density at radius 2 is 1.68 bits per heavy atom. The Bertz CT molecular complexity index is 1330. The van der Waals surface area contributed by atoms with Crippen molar-refractivity contribution >= 4 is 23.4 Å². The lowest BCUT2D eigenvalue weighted by Crippen LogP contribution is -2.55. The van der Waals surface area contributed by atoms with Crippen LogP contribution in [0.4, 0.5) is 10.1 Å². The third-order valence-electron chi connectivity index (χ3n) is 9.20. The molecule has 3 heterocycles. The first-order valence-corrected chi connectivity index (χ1v) is 15.7. The van der Waals surface area contributed by atoms with Crippen LogP contribution in [0.2, 0.25) is 0 Å². The molecule has 0 aliphatic carbocycles. The Balaban J connectivity index is 1.19. The number of amides is 3. The fourth-order valence-electron chi connectivity index (χ4n) is 6.14. The van der Waals surface area contributed by atoms with Crippen LogP contribution in [0, 0.1) is 17.2 Å². The molecule has 0 radical (unpaired) electrons. The van der Waals surface area contributed by atoms with E-state index in [1.54, 1.807) is 24.3 Å². The van der Waals surface area contributed by atoms with Gasteiger partial charge in [0.25, 0.3) is 5.91 Å². The van der Waals surface area contributed by atoms with Crippen molar-refractivity contribution in [1.82, 2.24) is 20.4 Å². The number of likely N-dealkylation sites (tertiary alicyclic amines) is 1. The van der Waals surface area contributed by atoms with Crippen LogP contribution in [-0.4, -0.2) is 92.5 Å². The second-order valence-electron chi connectivity index (χ2n) is 12.4. The van der Waals surface area contributed by atoms with Crippen molar-refractivity contribution < 1.29 is 23.5 Å². The van der Waals surface area contributed by atoms with Gasteiger partial charge in [0.05, 0.1) is 23.6 Å². The van der Waals surface area contributed by atoms with Crippen molar-refractivity contribution in [2.75, 3.05) is 63.9 Å². The number of nitrogens with one attached hydrogen (secondary N) is 2. The molecule has 2 aromatic rings. The number of carbonyl (C=O) groups is 3. The predicted octanol–water partition coefficient (Wildman–Crippen LogP) is 3.47. The molecule has 9 nitrogen and oxygen atoms in total. The summed E-state index contributed by atoms with van der Waals surface area (Å²) in [5.41, 5.74) is 0.837. The third kappa shape index (κ3) is 7.59. The fraction of sp³-hybridized carbons (Fsp3) is 0.500. The number of piperazine rings is 1. The maximum atomic E-state index is 13.9. The second kappa shape index (κ2) is 14.2. The molecule has 0 unspecified atom stereocenters. The molecule has 1 spiro atoms. The molecule has 2 saturated heterocycles. The van der Waals surface area contributed by atoms with Crippen LogP contribution in [0.3, 0.4) is 0 Å². The van der Waals surface area contributed by atoms with E-state index >= 15 is 0 Å². The molecular weight excluding hydrogens is 561 g/mol. The quantitative estimate of drug-likeness (QED) is 0.519. The van der Waals surface area contributed by atoms with Gasteiger partial charge in [-0.3, -0.25) is 19.3 Å². The molecule has 44 heavy (non-hydrogen) atoms. The zero-order valence-corrected chi connectivity index (χ0v) is 25.8. The first kappa shape index (κ1) is 31.5. The number of benzene rings is 2. The van der Waals surface area contributed by atoms with Crippen LogP contribution in [0.25, 0.3) is 0 Å². The van der Waals surface area contributed by atoms with Gasteiger partial charge in [0.2, 0.25) is 11.8 Å². The van der Waals surface area contributed by atoms with E-state index in [-0.39, 0.29) is 42.1 Å². The molecule has 5 rings (SSSR count). The monoisotopic (exact) mass is 605 g/mol. The van der Waals surface area contributed by atoms with Crippen molar-refractivity contribution in [1.29, 1.82) is 0 Å². The van der Waals surface area contributed by atoms with E-state index in [2.05, 4.69) is 34.3 Å². The Morgan fingerprint density at radius 3 is 2.39 bits per heavy atom. The first-order valence-electron chi connectivity index (χ1n) is 15.7. The smallest absolute Gasteiger partial charge is 0.255 e. The number of ether oxygens (including phenoxy) is 1. The summed E-state index contributed by atoms with van der Waals surface area (Å²) in [6.07, 6.45) is 5.73. The van der Waals surface area contributed by atoms with E-state index in [1.165, 1.54) is 12.1 Å². The summed E-state index contributed by atoms with van der Waals surface area (Å²) < 4.78 is 19.4. The van der Waals surface area contributed by atoms with Crippen LogP contribution < -0.4 is 20.3 Å². The minimum Gasteiger partial charge on any atom is -0.491 e. The largest absolute Gasteiger partial charge is 0.491 e. The van der Waals surface area contributed by atoms with E-state index < -0.39 is 5.41 Å². The zero-order valence-electron chi connectivity index (χ0n) is 25.8. The first-order chi connectivity index (χ1) is 21.2. The average molecular weight is 606 g/mol. The molecule has 3 aliphatic heterocycles. The summed E-state index contributed by atoms with van der Waals surface area (Å²) in [6.45, 7) is 9.01. The van der Waals surface area contributed by atoms with Crippen LogP contribution >= 0.6 is 0 Å². The van der Waals surface area contributed by atoms with Crippen LogP contribution in [0.15, 0.2) is 60.7 Å². The summed E-state index contributed by atoms with van der Waals surface area (Å²) in [7, 11) is 0. The molecule has 2 fully saturated rings. The molecule has 3 aliphatic rings. The zero-order chi connectivity index (χ0) is 31.1. The minimum absolute atomic E-state index is 0.0155. The van der Waals surface area contributed by atoms with E-state index in [0.29, 0.717) is 82.9 Å². The molecular formula is C34H44FN5O4. The number of rotatable bonds is 4. The Hall–Kier alpha value is -3.92. The van der Waals surface area contributed by atoms with Gasteiger partial charge < -0.3 is 25.2 Å². The highest BCUT2D eigenvalue weighted by Crippen LogP contribution is 2.36. The summed E-state index contributed by atoms with van der Waals surface area (Å²) in [6, 6.07) is 13.4. The molecule has 3 amide bonds. The molecule has 0 aromatic heterocycles. The highest BCUT2D eigenvalue weighted by Gasteiger charge is 2.42. The Kier molecular flexibility index (Phi) is 10.2. The van der Waals surface area contributed by atoms with Gasteiger partial charge in [0.15, 0.2) is 0 Å². The van der Waals surface area contributed by atoms with E-state index in [4.69, 9.17) is 4.74 Å². The number of hydrogen-bond acceptors (Lipinski definition) is 6. The molecule has 0 saturated carbocycles. The van der Waals surface area contributed by atoms with Crippen molar-refractivity contribution in [3.05, 3.63) is 72.1 Å². The van der Waals surface area contributed by atoms with Crippen molar-refractivity contribution in [2.24, 2.45) is 11.3 Å². The maximum Gasteiger partial charge on any atom is 0.255 e. The van der Waals surface area contributed by atoms with Gasteiger partial charge in [-0.25, -0.2) is 4.39 Å². The lowest BCUT2D eigenvalue weighted by Gasteiger charge is -2.42. The minimum atomic E-state index is -0.601. The third-order valence-corrected chi connectivity index (χ3v) is 9.20. The molecule has 1 atom stereocenters. The van der Waals surface area contributed by atoms with Crippen molar-refractivity contribution in [3.63, 3.8) is 0 Å². The number of anilines is 1. The number of para-hydroxylation sites is 1. The summed E-state index contributed by atoms with van der Waals surface area (Å²) in [5, 5.41) is 6.21. The van der Waals surface area contributed by atoms with E-state index in [9.17, 15) is 18.8 Å². The number of allylic oxidation sites excluding steroid dienone is 1. The van der Waals surface area contributed by atoms with Gasteiger partial charge in [-0.1, -0.05) is 38.1 Å². The highest BCUT2D eigenvalue weighted by molar-refractivity contribution is 5.97. The normalized spacial score (nSPS) is 22.4. The average Bonchev–Trinajstić information content (AvgIpc) is 3.03. The van der Waals surface area contributed by atoms with Gasteiger partial charge >= 0.3 is 0 Å². The molecule has 0 bridgehead atoms. The molecule has 10 heteroatoms. The summed E-state index contributed by atoms with van der Waals surface area (Å²) in [5.74, 6) is 0.286. The maximum absolute atomic E-state index is 13.9. The Morgan fingerprint density at radius 1 is 0.977 bits per heavy atom. The van der Waals surface area contributed by atoms with Crippen LogP contribution in [0.5, 0.6) is 5.75 Å². The summed E-state index contributed by atoms with van der Waals surface area (Å²) >= 11 is 0. The van der Waals surface area contributed by atoms with Crippen molar-refractivity contribution in [2.45, 2.75) is 39.2 Å². The summed E-state index contributed by atoms with van der Waals surface area (Å²) in [4.78, 5) is 46.2. The highest BCUT2D eigenvalue weighted by atomic mass is 19.1. The number of halogens is 1. The van der Waals surface area contributed by atoms with Crippen LogP contribution in [-0.2, 0) is 9.59 Å². The standard InChI is InChI=1S/C34H44FN5O4/c1-25(2)29-24-44-30-8-4-3-7-28(30)32(42)36-16-6-5-13-34(33(43)37-29)14-17-38(18-15-34)23-31(41)40-21-19-39(20-22-40)27-11-9-26(35)10-12-27/h3-12,25,29H,13-24H2,1-2H3,(H,36,42)(H,37,43)/b6-5+/t29-/m0/s1. The number of nitrogens with zero attached hydrogens (tertiary/aromatic N) is 3. The van der Waals surface area contributed by atoms with Gasteiger partial charge in [0, 0.05) is 38.4 Å². The molecule has 236 valence electrons. The second-order valence-corrected chi connectivity index (χ2v) is 12.4. The van der Waals surface area contributed by atoms with E-state index in [0.717, 1.165) is 5.69 Å². The molecule has 2 aromatic carbocycles.